The van der Waals surface area contributed by atoms with Crippen LogP contribution in [-0.4, -0.2) is 20.0 Å². The van der Waals surface area contributed by atoms with Gasteiger partial charge < -0.3 is 0 Å². The molecule has 3 aromatic rings. The summed E-state index contributed by atoms with van der Waals surface area (Å²) in [5.41, 5.74) is 1.81. The SMILES string of the molecule is Fc1ccc(-c2cnn(-c3cccnn3)c2)cc1. The number of rotatable bonds is 2. The maximum Gasteiger partial charge on any atom is 0.175 e. The van der Waals surface area contributed by atoms with E-state index in [0.29, 0.717) is 5.82 Å². The van der Waals surface area contributed by atoms with Crippen LogP contribution in [0.5, 0.6) is 0 Å². The van der Waals surface area contributed by atoms with Crippen molar-refractivity contribution in [3.05, 3.63) is 60.8 Å². The fourth-order valence-electron chi connectivity index (χ4n) is 1.66. The highest BCUT2D eigenvalue weighted by Crippen LogP contribution is 2.19. The van der Waals surface area contributed by atoms with Gasteiger partial charge in [0.1, 0.15) is 5.82 Å². The molecule has 0 bridgehead atoms. The van der Waals surface area contributed by atoms with E-state index in [1.807, 2.05) is 12.3 Å². The zero-order valence-electron chi connectivity index (χ0n) is 9.36. The number of hydrogen-bond donors (Lipinski definition) is 0. The van der Waals surface area contributed by atoms with Crippen molar-refractivity contribution in [3.63, 3.8) is 0 Å². The average Bonchev–Trinajstić information content (AvgIpc) is 2.90. The number of halogens is 1. The Labute approximate surface area is 103 Å². The van der Waals surface area contributed by atoms with Crippen molar-refractivity contribution < 1.29 is 4.39 Å². The first-order chi connectivity index (χ1) is 8.83. The minimum Gasteiger partial charge on any atom is -0.220 e. The maximum atomic E-state index is 12.8. The van der Waals surface area contributed by atoms with E-state index in [2.05, 4.69) is 15.3 Å². The first-order valence-corrected chi connectivity index (χ1v) is 5.41. The molecule has 0 aliphatic heterocycles. The van der Waals surface area contributed by atoms with Gasteiger partial charge in [0, 0.05) is 18.0 Å². The molecule has 0 spiro atoms. The highest BCUT2D eigenvalue weighted by molar-refractivity contribution is 5.61. The number of benzene rings is 1. The van der Waals surface area contributed by atoms with E-state index >= 15 is 0 Å². The lowest BCUT2D eigenvalue weighted by molar-refractivity contribution is 0.628. The Kier molecular flexibility index (Phi) is 2.57. The van der Waals surface area contributed by atoms with Gasteiger partial charge in [-0.15, -0.1) is 5.10 Å². The van der Waals surface area contributed by atoms with Crippen LogP contribution in [0.3, 0.4) is 0 Å². The highest BCUT2D eigenvalue weighted by Gasteiger charge is 2.04. The topological polar surface area (TPSA) is 43.6 Å². The van der Waals surface area contributed by atoms with Gasteiger partial charge >= 0.3 is 0 Å². The molecule has 0 aliphatic carbocycles. The van der Waals surface area contributed by atoms with E-state index < -0.39 is 0 Å². The Bertz CT molecular complexity index is 646. The molecule has 0 radical (unpaired) electrons. The largest absolute Gasteiger partial charge is 0.220 e. The zero-order valence-corrected chi connectivity index (χ0v) is 9.36. The zero-order chi connectivity index (χ0) is 12.4. The molecule has 0 N–H and O–H groups in total. The second kappa shape index (κ2) is 4.37. The van der Waals surface area contributed by atoms with Crippen molar-refractivity contribution >= 4 is 0 Å². The Hall–Kier alpha value is -2.56. The first-order valence-electron chi connectivity index (χ1n) is 5.41. The van der Waals surface area contributed by atoms with Gasteiger partial charge in [0.25, 0.3) is 0 Å². The molecule has 0 fully saturated rings. The molecule has 0 aliphatic rings. The summed E-state index contributed by atoms with van der Waals surface area (Å²) in [6.07, 6.45) is 5.15. The molecule has 0 unspecified atom stereocenters. The van der Waals surface area contributed by atoms with Crippen molar-refractivity contribution in [3.8, 4) is 16.9 Å². The Morgan fingerprint density at radius 3 is 2.56 bits per heavy atom. The molecule has 3 rings (SSSR count). The lowest BCUT2D eigenvalue weighted by atomic mass is 10.1. The summed E-state index contributed by atoms with van der Waals surface area (Å²) in [5.74, 6) is 0.394. The minimum atomic E-state index is -0.250. The summed E-state index contributed by atoms with van der Waals surface area (Å²) >= 11 is 0. The molecule has 0 amide bonds. The molecule has 88 valence electrons. The summed E-state index contributed by atoms with van der Waals surface area (Å²) in [6, 6.07) is 9.89. The van der Waals surface area contributed by atoms with Gasteiger partial charge in [-0.3, -0.25) is 0 Å². The van der Waals surface area contributed by atoms with E-state index in [1.54, 1.807) is 35.3 Å². The smallest absolute Gasteiger partial charge is 0.175 e. The fourth-order valence-corrected chi connectivity index (χ4v) is 1.66. The predicted molar refractivity (Wildman–Crippen MR) is 64.5 cm³/mol. The van der Waals surface area contributed by atoms with Crippen LogP contribution in [0.2, 0.25) is 0 Å². The van der Waals surface area contributed by atoms with E-state index in [9.17, 15) is 4.39 Å². The Morgan fingerprint density at radius 2 is 1.83 bits per heavy atom. The molecule has 18 heavy (non-hydrogen) atoms. The molecule has 5 heteroatoms. The summed E-state index contributed by atoms with van der Waals surface area (Å²) in [6.45, 7) is 0. The molecule has 4 nitrogen and oxygen atoms in total. The lowest BCUT2D eigenvalue weighted by Crippen LogP contribution is -1.97. The number of nitrogens with zero attached hydrogens (tertiary/aromatic N) is 4. The Balaban J connectivity index is 1.97. The lowest BCUT2D eigenvalue weighted by Gasteiger charge is -1.97. The van der Waals surface area contributed by atoms with Crippen LogP contribution in [0.1, 0.15) is 0 Å². The van der Waals surface area contributed by atoms with Gasteiger partial charge in [-0.25, -0.2) is 9.07 Å². The fraction of sp³-hybridized carbons (Fsp3) is 0. The third-order valence-electron chi connectivity index (χ3n) is 2.55. The summed E-state index contributed by atoms with van der Waals surface area (Å²) in [5, 5.41) is 12.0. The van der Waals surface area contributed by atoms with Crippen molar-refractivity contribution in [2.45, 2.75) is 0 Å². The van der Waals surface area contributed by atoms with Crippen molar-refractivity contribution in [1.82, 2.24) is 20.0 Å². The average molecular weight is 240 g/mol. The summed E-state index contributed by atoms with van der Waals surface area (Å²) in [4.78, 5) is 0. The first kappa shape index (κ1) is 10.6. The third-order valence-corrected chi connectivity index (χ3v) is 2.55. The predicted octanol–water partition coefficient (Wildman–Crippen LogP) is 2.47. The molecular weight excluding hydrogens is 231 g/mol. The van der Waals surface area contributed by atoms with Crippen molar-refractivity contribution in [1.29, 1.82) is 0 Å². The van der Waals surface area contributed by atoms with Crippen LogP contribution < -0.4 is 0 Å². The van der Waals surface area contributed by atoms with Gasteiger partial charge in [0.05, 0.1) is 6.20 Å². The van der Waals surface area contributed by atoms with Crippen LogP contribution in [-0.2, 0) is 0 Å². The number of aromatic nitrogens is 4. The van der Waals surface area contributed by atoms with Gasteiger partial charge in [0.2, 0.25) is 0 Å². The molecule has 2 aromatic heterocycles. The van der Waals surface area contributed by atoms with E-state index in [0.717, 1.165) is 11.1 Å². The minimum absolute atomic E-state index is 0.250. The molecule has 0 atom stereocenters. The van der Waals surface area contributed by atoms with E-state index in [-0.39, 0.29) is 5.82 Å². The van der Waals surface area contributed by atoms with Gasteiger partial charge in [0.15, 0.2) is 5.82 Å². The van der Waals surface area contributed by atoms with Gasteiger partial charge in [-0.05, 0) is 29.8 Å². The quantitative estimate of drug-likeness (QED) is 0.691. The van der Waals surface area contributed by atoms with Crippen molar-refractivity contribution in [2.75, 3.05) is 0 Å². The normalized spacial score (nSPS) is 10.5. The monoisotopic (exact) mass is 240 g/mol. The van der Waals surface area contributed by atoms with Gasteiger partial charge in [-0.2, -0.15) is 10.2 Å². The molecule has 1 aromatic carbocycles. The van der Waals surface area contributed by atoms with Crippen LogP contribution in [0.4, 0.5) is 4.39 Å². The van der Waals surface area contributed by atoms with Crippen molar-refractivity contribution in [2.24, 2.45) is 0 Å². The molecule has 0 saturated carbocycles. The van der Waals surface area contributed by atoms with E-state index in [4.69, 9.17) is 0 Å². The maximum absolute atomic E-state index is 12.8. The Morgan fingerprint density at radius 1 is 1.00 bits per heavy atom. The second-order valence-corrected chi connectivity index (χ2v) is 3.76. The van der Waals surface area contributed by atoms with Crippen LogP contribution in [0, 0.1) is 5.82 Å². The third kappa shape index (κ3) is 1.98. The summed E-state index contributed by atoms with van der Waals surface area (Å²) < 4.78 is 14.5. The molecular formula is C13H9FN4. The number of hydrogen-bond acceptors (Lipinski definition) is 3. The summed E-state index contributed by atoms with van der Waals surface area (Å²) in [7, 11) is 0. The van der Waals surface area contributed by atoms with Gasteiger partial charge in [-0.1, -0.05) is 12.1 Å². The van der Waals surface area contributed by atoms with E-state index in [1.165, 1.54) is 12.1 Å². The molecule has 0 saturated heterocycles. The standard InChI is InChI=1S/C13H9FN4/c14-12-5-3-10(4-6-12)11-8-16-18(9-11)13-2-1-7-15-17-13/h1-9H. The highest BCUT2D eigenvalue weighted by atomic mass is 19.1. The van der Waals surface area contributed by atoms with Crippen LogP contribution in [0.25, 0.3) is 16.9 Å². The van der Waals surface area contributed by atoms with Crippen LogP contribution in [0.15, 0.2) is 55.0 Å². The second-order valence-electron chi connectivity index (χ2n) is 3.76. The van der Waals surface area contributed by atoms with Crippen LogP contribution >= 0.6 is 0 Å². The molecule has 2 heterocycles.